The van der Waals surface area contributed by atoms with Gasteiger partial charge in [-0.25, -0.2) is 10.4 Å². The molecule has 0 aliphatic carbocycles. The van der Waals surface area contributed by atoms with Gasteiger partial charge in [0, 0.05) is 23.7 Å². The summed E-state index contributed by atoms with van der Waals surface area (Å²) in [6, 6.07) is 0.505. The van der Waals surface area contributed by atoms with E-state index in [1.54, 1.807) is 0 Å². The number of nitrogens with zero attached hydrogens (tertiary/aromatic N) is 2. The van der Waals surface area contributed by atoms with E-state index in [4.69, 9.17) is 0 Å². The molecule has 1 unspecified atom stereocenters. The predicted molar refractivity (Wildman–Crippen MR) is 218 cm³/mol. The van der Waals surface area contributed by atoms with E-state index < -0.39 is 0 Å². The van der Waals surface area contributed by atoms with Crippen LogP contribution in [0, 0.1) is 5.41 Å². The second-order valence-electron chi connectivity index (χ2n) is 18.3. The minimum Gasteiger partial charge on any atom is -0.283 e. The van der Waals surface area contributed by atoms with Gasteiger partial charge in [-0.2, -0.15) is 0 Å². The Morgan fingerprint density at radius 2 is 0.729 bits per heavy atom. The Hall–Kier alpha value is -0.120. The van der Waals surface area contributed by atoms with Crippen LogP contribution in [0.15, 0.2) is 0 Å². The van der Waals surface area contributed by atoms with Gasteiger partial charge in [0.1, 0.15) is 0 Å². The molecule has 3 nitrogen and oxygen atoms in total. The first-order chi connectivity index (χ1) is 23.0. The Bertz CT molecular complexity index is 612. The van der Waals surface area contributed by atoms with Crippen molar-refractivity contribution in [2.45, 2.75) is 272 Å². The minimum absolute atomic E-state index is 0.166. The summed E-state index contributed by atoms with van der Waals surface area (Å²) in [4.78, 5) is 2.88. The highest BCUT2D eigenvalue weighted by Gasteiger charge is 2.43. The molecule has 1 N–H and O–H groups in total. The van der Waals surface area contributed by atoms with Gasteiger partial charge < -0.3 is 0 Å². The topological polar surface area (TPSA) is 18.5 Å². The third-order valence-corrected chi connectivity index (χ3v) is 12.3. The number of hydrazine groups is 1. The first-order valence-electron chi connectivity index (χ1n) is 22.3. The minimum atomic E-state index is 0.166. The summed E-state index contributed by atoms with van der Waals surface area (Å²) >= 11 is 0. The van der Waals surface area contributed by atoms with Crippen molar-refractivity contribution in [3.8, 4) is 0 Å². The van der Waals surface area contributed by atoms with Crippen LogP contribution in [0.1, 0.15) is 255 Å². The fourth-order valence-corrected chi connectivity index (χ4v) is 8.04. The summed E-state index contributed by atoms with van der Waals surface area (Å²) in [5, 5.41) is 2.70. The molecule has 1 rings (SSSR count). The fraction of sp³-hybridized carbons (Fsp3) is 1.00. The zero-order valence-corrected chi connectivity index (χ0v) is 35.1. The van der Waals surface area contributed by atoms with Gasteiger partial charge >= 0.3 is 0 Å². The molecule has 3 heteroatoms. The largest absolute Gasteiger partial charge is 0.283 e. The highest BCUT2D eigenvalue weighted by molar-refractivity contribution is 4.96. The van der Waals surface area contributed by atoms with Crippen LogP contribution in [0.5, 0.6) is 0 Å². The number of hydrogen-bond donors (Lipinski definition) is 1. The molecule has 1 atom stereocenters. The van der Waals surface area contributed by atoms with Crippen molar-refractivity contribution >= 4 is 0 Å². The Morgan fingerprint density at radius 1 is 0.417 bits per heavy atom. The van der Waals surface area contributed by atoms with Crippen LogP contribution in [0.2, 0.25) is 0 Å². The molecule has 1 heterocycles. The second kappa shape index (κ2) is 27.5. The molecule has 1 fully saturated rings. The Morgan fingerprint density at radius 3 is 1.10 bits per heavy atom. The summed E-state index contributed by atoms with van der Waals surface area (Å²) in [7, 11) is 0. The van der Waals surface area contributed by atoms with Crippen LogP contribution < -0.4 is 5.43 Å². The summed E-state index contributed by atoms with van der Waals surface area (Å²) < 4.78 is 0. The molecule has 0 bridgehead atoms. The van der Waals surface area contributed by atoms with Crippen molar-refractivity contribution in [1.29, 1.82) is 0 Å². The maximum absolute atomic E-state index is 4.19. The molecule has 1 saturated heterocycles. The lowest BCUT2D eigenvalue weighted by molar-refractivity contribution is -0.112. The zero-order chi connectivity index (χ0) is 35.6. The standard InChI is InChI=1S/C45H93N3/c1-10-13-16-19-22-25-28-31-34-37-43(4,5)42-40-47(44(6,7)38-35-32-29-26-23-20-17-14-11-2)41-48(46-42)45(8,9)39-36-33-30-27-24-21-18-15-12-3/h42,46H,10-41H2,1-9H3. The van der Waals surface area contributed by atoms with Gasteiger partial charge in [0.15, 0.2) is 0 Å². The Kier molecular flexibility index (Phi) is 26.3. The van der Waals surface area contributed by atoms with E-state index in [1.807, 2.05) is 0 Å². The molecule has 1 aliphatic heterocycles. The summed E-state index contributed by atoms with van der Waals surface area (Å²) in [5.41, 5.74) is 4.89. The van der Waals surface area contributed by atoms with E-state index >= 15 is 0 Å². The maximum atomic E-state index is 4.19. The molecule has 0 saturated carbocycles. The lowest BCUT2D eigenvalue weighted by atomic mass is 9.78. The lowest BCUT2D eigenvalue weighted by Crippen LogP contribution is -2.71. The van der Waals surface area contributed by atoms with Crippen LogP contribution in [0.25, 0.3) is 0 Å². The highest BCUT2D eigenvalue weighted by atomic mass is 15.6. The monoisotopic (exact) mass is 676 g/mol. The molecule has 0 aromatic rings. The zero-order valence-electron chi connectivity index (χ0n) is 35.1. The first kappa shape index (κ1) is 45.9. The van der Waals surface area contributed by atoms with Crippen LogP contribution in [0.4, 0.5) is 0 Å². The average molecular weight is 676 g/mol. The third-order valence-electron chi connectivity index (χ3n) is 12.3. The average Bonchev–Trinajstić information content (AvgIpc) is 3.05. The van der Waals surface area contributed by atoms with Crippen molar-refractivity contribution in [3.05, 3.63) is 0 Å². The predicted octanol–water partition coefficient (Wildman–Crippen LogP) is 14.8. The normalized spacial score (nSPS) is 17.1. The summed E-state index contributed by atoms with van der Waals surface area (Å²) in [6.45, 7) is 24.5. The first-order valence-corrected chi connectivity index (χ1v) is 22.3. The van der Waals surface area contributed by atoms with E-state index in [9.17, 15) is 0 Å². The van der Waals surface area contributed by atoms with Crippen molar-refractivity contribution < 1.29 is 0 Å². The molecule has 0 amide bonds. The fourth-order valence-electron chi connectivity index (χ4n) is 8.04. The molecule has 288 valence electrons. The lowest BCUT2D eigenvalue weighted by Gasteiger charge is -2.55. The van der Waals surface area contributed by atoms with Gasteiger partial charge in [0.05, 0.1) is 6.67 Å². The number of unbranched alkanes of at least 4 members (excludes halogenated alkanes) is 24. The van der Waals surface area contributed by atoms with Gasteiger partial charge in [-0.1, -0.05) is 208 Å². The summed E-state index contributed by atoms with van der Waals surface area (Å²) in [5.74, 6) is 0. The molecular formula is C45H93N3. The van der Waals surface area contributed by atoms with E-state index in [-0.39, 0.29) is 11.1 Å². The molecule has 1 aliphatic rings. The van der Waals surface area contributed by atoms with Crippen LogP contribution in [-0.4, -0.2) is 40.2 Å². The van der Waals surface area contributed by atoms with Crippen LogP contribution in [-0.2, 0) is 0 Å². The van der Waals surface area contributed by atoms with Gasteiger partial charge in [0.2, 0.25) is 0 Å². The quantitative estimate of drug-likeness (QED) is 0.0698. The summed E-state index contributed by atoms with van der Waals surface area (Å²) in [6.07, 6.45) is 42.1. The third kappa shape index (κ3) is 21.3. The van der Waals surface area contributed by atoms with Crippen LogP contribution >= 0.6 is 0 Å². The molecular weight excluding hydrogens is 583 g/mol. The Balaban J connectivity index is 2.72. The molecule has 48 heavy (non-hydrogen) atoms. The van der Waals surface area contributed by atoms with E-state index in [2.05, 4.69) is 77.6 Å². The Labute approximate surface area is 305 Å². The van der Waals surface area contributed by atoms with Gasteiger partial charge in [-0.05, 0) is 52.4 Å². The highest BCUT2D eigenvalue weighted by Crippen LogP contribution is 2.36. The van der Waals surface area contributed by atoms with Crippen molar-refractivity contribution in [2.75, 3.05) is 13.2 Å². The van der Waals surface area contributed by atoms with Gasteiger partial charge in [0.25, 0.3) is 0 Å². The van der Waals surface area contributed by atoms with E-state index in [0.717, 1.165) is 6.67 Å². The second-order valence-corrected chi connectivity index (χ2v) is 18.3. The molecule has 0 spiro atoms. The van der Waals surface area contributed by atoms with Crippen molar-refractivity contribution in [3.63, 3.8) is 0 Å². The van der Waals surface area contributed by atoms with Gasteiger partial charge in [-0.3, -0.25) is 4.90 Å². The number of hydrogen-bond acceptors (Lipinski definition) is 3. The smallest absolute Gasteiger partial charge is 0.0657 e. The number of rotatable bonds is 33. The molecule has 0 aromatic heterocycles. The van der Waals surface area contributed by atoms with Crippen LogP contribution in [0.3, 0.4) is 0 Å². The molecule has 0 radical (unpaired) electrons. The maximum Gasteiger partial charge on any atom is 0.0657 e. The van der Waals surface area contributed by atoms with Gasteiger partial charge in [-0.15, -0.1) is 0 Å². The van der Waals surface area contributed by atoms with Crippen molar-refractivity contribution in [1.82, 2.24) is 15.3 Å². The van der Waals surface area contributed by atoms with E-state index in [0.29, 0.717) is 11.5 Å². The SMILES string of the molecule is CCCCCCCCCCCC(C)(C)C1CN(C(C)(C)CCCCCCCCCCC)CN(C(C)(C)CCCCCCCCCCC)N1. The molecule has 0 aromatic carbocycles. The van der Waals surface area contributed by atoms with E-state index in [1.165, 1.54) is 199 Å². The number of nitrogens with one attached hydrogen (secondary N) is 1. The van der Waals surface area contributed by atoms with Crippen molar-refractivity contribution in [2.24, 2.45) is 5.41 Å².